The van der Waals surface area contributed by atoms with Gasteiger partial charge in [0.05, 0.1) is 17.2 Å². The summed E-state index contributed by atoms with van der Waals surface area (Å²) in [6, 6.07) is 3.87. The first-order chi connectivity index (χ1) is 16.4. The Kier molecular flexibility index (Phi) is 9.07. The smallest absolute Gasteiger partial charge is 0.253 e. The van der Waals surface area contributed by atoms with E-state index in [0.29, 0.717) is 56.5 Å². The molecule has 1 saturated heterocycles. The van der Waals surface area contributed by atoms with E-state index in [9.17, 15) is 19.8 Å². The molecule has 1 aromatic rings. The zero-order chi connectivity index (χ0) is 25.8. The zero-order valence-corrected chi connectivity index (χ0v) is 22.1. The Balaban J connectivity index is 1.59. The van der Waals surface area contributed by atoms with Crippen LogP contribution in [0.4, 0.5) is 0 Å². The number of piperidine rings is 1. The number of hydrogen-bond donors (Lipinski definition) is 4. The Labute approximate surface area is 213 Å². The van der Waals surface area contributed by atoms with Gasteiger partial charge in [-0.25, -0.2) is 0 Å². The average molecular weight is 504 g/mol. The highest BCUT2D eigenvalue weighted by molar-refractivity contribution is 8.02. The Morgan fingerprint density at radius 1 is 1.17 bits per heavy atom. The number of aryl methyl sites for hydroxylation is 2. The molecule has 2 amide bonds. The first kappa shape index (κ1) is 27.7. The van der Waals surface area contributed by atoms with Crippen molar-refractivity contribution in [1.82, 2.24) is 4.90 Å². The first-order valence-corrected chi connectivity index (χ1v) is 13.7. The van der Waals surface area contributed by atoms with Crippen LogP contribution in [0.2, 0.25) is 0 Å². The molecule has 1 aliphatic heterocycles. The predicted octanol–water partition coefficient (Wildman–Crippen LogP) is 3.12. The molecule has 1 aromatic carbocycles. The summed E-state index contributed by atoms with van der Waals surface area (Å²) in [5, 5.41) is 22.9. The summed E-state index contributed by atoms with van der Waals surface area (Å²) in [5.41, 5.74) is 13.7. The second kappa shape index (κ2) is 11.5. The fourth-order valence-corrected chi connectivity index (χ4v) is 6.20. The highest BCUT2D eigenvalue weighted by Crippen LogP contribution is 2.36. The van der Waals surface area contributed by atoms with Gasteiger partial charge in [0.25, 0.3) is 5.91 Å². The van der Waals surface area contributed by atoms with Gasteiger partial charge in [0, 0.05) is 24.4 Å². The Morgan fingerprint density at radius 3 is 2.40 bits per heavy atom. The third kappa shape index (κ3) is 6.88. The van der Waals surface area contributed by atoms with Crippen molar-refractivity contribution in [2.45, 2.75) is 83.0 Å². The van der Waals surface area contributed by atoms with Crippen LogP contribution in [0.5, 0.6) is 0 Å². The van der Waals surface area contributed by atoms with E-state index in [0.717, 1.165) is 29.5 Å². The maximum Gasteiger partial charge on any atom is 0.253 e. The molecule has 35 heavy (non-hydrogen) atoms. The second-order valence-corrected chi connectivity index (χ2v) is 11.6. The van der Waals surface area contributed by atoms with Crippen molar-refractivity contribution < 1.29 is 19.8 Å². The molecule has 2 unspecified atom stereocenters. The van der Waals surface area contributed by atoms with E-state index in [1.165, 1.54) is 0 Å². The topological polar surface area (TPSA) is 130 Å². The minimum absolute atomic E-state index is 0.0188. The summed E-state index contributed by atoms with van der Waals surface area (Å²) in [6.45, 7) is 7.06. The van der Waals surface area contributed by atoms with E-state index in [1.54, 1.807) is 11.8 Å². The lowest BCUT2D eigenvalue weighted by Crippen LogP contribution is -2.51. The third-order valence-corrected chi connectivity index (χ3v) is 8.86. The summed E-state index contributed by atoms with van der Waals surface area (Å²) in [5.74, 6) is 0.170. The lowest BCUT2D eigenvalue weighted by atomic mass is 9.83. The van der Waals surface area contributed by atoms with E-state index in [1.807, 2.05) is 49.3 Å². The molecule has 6 N–H and O–H groups in total. The van der Waals surface area contributed by atoms with Gasteiger partial charge < -0.3 is 26.6 Å². The van der Waals surface area contributed by atoms with Gasteiger partial charge in [-0.3, -0.25) is 9.59 Å². The number of rotatable bonds is 7. The fraction of sp³-hybridized carbons (Fsp3) is 0.630. The Morgan fingerprint density at radius 2 is 1.80 bits per heavy atom. The number of nitrogens with zero attached hydrogens (tertiary/aromatic N) is 1. The maximum atomic E-state index is 12.9. The normalized spacial score (nSPS) is 25.9. The second-order valence-electron chi connectivity index (χ2n) is 10.7. The molecular formula is C27H41N3O4S. The van der Waals surface area contributed by atoms with Crippen LogP contribution < -0.4 is 11.5 Å². The van der Waals surface area contributed by atoms with Crippen LogP contribution in [0.25, 0.3) is 6.08 Å². The zero-order valence-electron chi connectivity index (χ0n) is 21.3. The molecule has 0 aromatic heterocycles. The number of benzene rings is 1. The van der Waals surface area contributed by atoms with Crippen molar-refractivity contribution >= 4 is 29.7 Å². The van der Waals surface area contributed by atoms with Gasteiger partial charge in [-0.1, -0.05) is 6.42 Å². The van der Waals surface area contributed by atoms with Crippen LogP contribution in [0.15, 0.2) is 17.5 Å². The SMILES string of the molecule is Cc1cc(C(=O)N2CCC(O)CC2)cc(C)c1/C=C/SC[C@@](C)(O)C1CCCC(N)(C(N)=O)CC1. The molecule has 1 aliphatic carbocycles. The van der Waals surface area contributed by atoms with Crippen LogP contribution in [0.1, 0.15) is 78.9 Å². The third-order valence-electron chi connectivity index (χ3n) is 7.78. The van der Waals surface area contributed by atoms with Crippen LogP contribution in [0.3, 0.4) is 0 Å². The Hall–Kier alpha value is -1.87. The number of amides is 2. The van der Waals surface area contributed by atoms with Crippen LogP contribution >= 0.6 is 11.8 Å². The minimum atomic E-state index is -0.963. The highest BCUT2D eigenvalue weighted by atomic mass is 32.2. The van der Waals surface area contributed by atoms with Crippen LogP contribution in [-0.4, -0.2) is 63.0 Å². The highest BCUT2D eigenvalue weighted by Gasteiger charge is 2.39. The fourth-order valence-electron chi connectivity index (χ4n) is 5.30. The predicted molar refractivity (Wildman–Crippen MR) is 142 cm³/mol. The van der Waals surface area contributed by atoms with Crippen molar-refractivity contribution in [1.29, 1.82) is 0 Å². The lowest BCUT2D eigenvalue weighted by molar-refractivity contribution is -0.123. The number of likely N-dealkylation sites (tertiary alicyclic amines) is 1. The molecule has 0 radical (unpaired) electrons. The minimum Gasteiger partial charge on any atom is -0.393 e. The number of nitrogens with two attached hydrogens (primary N) is 2. The van der Waals surface area contributed by atoms with Crippen LogP contribution in [-0.2, 0) is 4.79 Å². The van der Waals surface area contributed by atoms with Gasteiger partial charge in [-0.2, -0.15) is 0 Å². The molecule has 8 heteroatoms. The summed E-state index contributed by atoms with van der Waals surface area (Å²) in [6.07, 6.45) is 6.36. The van der Waals surface area contributed by atoms with Crippen molar-refractivity contribution in [2.75, 3.05) is 18.8 Å². The van der Waals surface area contributed by atoms with E-state index in [4.69, 9.17) is 11.5 Å². The van der Waals surface area contributed by atoms with E-state index in [2.05, 4.69) is 0 Å². The molecule has 7 nitrogen and oxygen atoms in total. The van der Waals surface area contributed by atoms with Crippen molar-refractivity contribution in [2.24, 2.45) is 17.4 Å². The molecule has 1 heterocycles. The number of primary amides is 1. The molecule has 0 spiro atoms. The van der Waals surface area contributed by atoms with Crippen molar-refractivity contribution in [3.05, 3.63) is 39.8 Å². The van der Waals surface area contributed by atoms with Gasteiger partial charge in [-0.05, 0) is 106 Å². The molecule has 194 valence electrons. The van der Waals surface area contributed by atoms with Gasteiger partial charge in [-0.15, -0.1) is 11.8 Å². The summed E-state index contributed by atoms with van der Waals surface area (Å²) in [4.78, 5) is 26.5. The summed E-state index contributed by atoms with van der Waals surface area (Å²) in [7, 11) is 0. The van der Waals surface area contributed by atoms with E-state index in [-0.39, 0.29) is 17.9 Å². The molecule has 0 bridgehead atoms. The van der Waals surface area contributed by atoms with E-state index >= 15 is 0 Å². The van der Waals surface area contributed by atoms with Crippen LogP contribution in [0, 0.1) is 19.8 Å². The number of aliphatic hydroxyl groups excluding tert-OH is 1. The number of aliphatic hydroxyl groups is 2. The molecule has 3 rings (SSSR count). The molecule has 2 fully saturated rings. The molecule has 1 saturated carbocycles. The molecule has 3 atom stereocenters. The van der Waals surface area contributed by atoms with Gasteiger partial charge in [0.2, 0.25) is 5.91 Å². The molecular weight excluding hydrogens is 462 g/mol. The Bertz CT molecular complexity index is 933. The standard InChI is InChI=1S/C27H41N3O4S/c1-18-15-20(24(32)30-12-7-22(31)8-13-30)16-19(2)23(18)9-14-35-17-26(3,34)21-5-4-10-27(29,11-6-21)25(28)33/h9,14-16,21-22,31,34H,4-8,10-13,17,29H2,1-3H3,(H2,28,33)/b14-9+/t21?,26-,27?/m1/s1. The maximum absolute atomic E-state index is 12.9. The first-order valence-electron chi connectivity index (χ1n) is 12.6. The van der Waals surface area contributed by atoms with Gasteiger partial charge >= 0.3 is 0 Å². The number of carbonyl (C=O) groups is 2. The molecule has 2 aliphatic rings. The summed E-state index contributed by atoms with van der Waals surface area (Å²) >= 11 is 1.56. The average Bonchev–Trinajstić information content (AvgIpc) is 3.01. The monoisotopic (exact) mass is 503 g/mol. The quantitative estimate of drug-likeness (QED) is 0.423. The largest absolute Gasteiger partial charge is 0.393 e. The number of carbonyl (C=O) groups excluding carboxylic acids is 2. The van der Waals surface area contributed by atoms with Crippen molar-refractivity contribution in [3.8, 4) is 0 Å². The van der Waals surface area contributed by atoms with Gasteiger partial charge in [0.15, 0.2) is 0 Å². The number of thioether (sulfide) groups is 1. The summed E-state index contributed by atoms with van der Waals surface area (Å²) < 4.78 is 0. The van der Waals surface area contributed by atoms with Crippen molar-refractivity contribution in [3.63, 3.8) is 0 Å². The lowest BCUT2D eigenvalue weighted by Gasteiger charge is -2.32. The number of hydrogen-bond acceptors (Lipinski definition) is 6. The van der Waals surface area contributed by atoms with Gasteiger partial charge in [0.1, 0.15) is 0 Å². The van der Waals surface area contributed by atoms with E-state index < -0.39 is 17.0 Å².